The van der Waals surface area contributed by atoms with E-state index in [1.54, 1.807) is 0 Å². The molecule has 1 unspecified atom stereocenters. The summed E-state index contributed by atoms with van der Waals surface area (Å²) in [4.78, 5) is 14.7. The Morgan fingerprint density at radius 3 is 2.53 bits per heavy atom. The first-order valence-electron chi connectivity index (χ1n) is 9.73. The van der Waals surface area contributed by atoms with Gasteiger partial charge in [-0.15, -0.1) is 0 Å². The van der Waals surface area contributed by atoms with Crippen LogP contribution in [0.3, 0.4) is 0 Å². The van der Waals surface area contributed by atoms with Crippen molar-refractivity contribution in [3.63, 3.8) is 0 Å². The van der Waals surface area contributed by atoms with Gasteiger partial charge in [0.1, 0.15) is 28.2 Å². The molecule has 6 nitrogen and oxygen atoms in total. The Morgan fingerprint density at radius 2 is 1.91 bits per heavy atom. The predicted molar refractivity (Wildman–Crippen MR) is 112 cm³/mol. The van der Waals surface area contributed by atoms with Crippen molar-refractivity contribution in [2.24, 2.45) is 0 Å². The maximum atomic E-state index is 13.0. The first kappa shape index (κ1) is 22.4. The number of rotatable bonds is 3. The lowest BCUT2D eigenvalue weighted by molar-refractivity contribution is -0.137. The number of likely N-dealkylation sites (N-methyl/N-ethyl adjacent to an activating group) is 1. The van der Waals surface area contributed by atoms with Crippen LogP contribution in [-0.2, 0) is 6.18 Å². The molecule has 1 saturated heterocycles. The molecule has 0 amide bonds. The van der Waals surface area contributed by atoms with Gasteiger partial charge >= 0.3 is 6.18 Å². The van der Waals surface area contributed by atoms with Gasteiger partial charge < -0.3 is 24.6 Å². The smallest absolute Gasteiger partial charge is 0.416 e. The molecule has 3 aromatic rings. The lowest BCUT2D eigenvalue weighted by atomic mass is 9.89. The third-order valence-electron chi connectivity index (χ3n) is 5.94. The lowest BCUT2D eigenvalue weighted by Crippen LogP contribution is -2.32. The van der Waals surface area contributed by atoms with E-state index in [9.17, 15) is 33.3 Å². The normalized spacial score (nSPS) is 19.7. The number of fused-ring (bicyclic) bond motifs is 1. The number of phenols is 2. The van der Waals surface area contributed by atoms with Crippen LogP contribution >= 0.6 is 11.6 Å². The minimum Gasteiger partial charge on any atom is -0.507 e. The van der Waals surface area contributed by atoms with Crippen LogP contribution in [0, 0.1) is 0 Å². The highest BCUT2D eigenvalue weighted by Crippen LogP contribution is 2.44. The summed E-state index contributed by atoms with van der Waals surface area (Å²) in [7, 11) is 1.81. The van der Waals surface area contributed by atoms with E-state index in [2.05, 4.69) is 0 Å². The van der Waals surface area contributed by atoms with E-state index in [1.165, 1.54) is 0 Å². The number of aliphatic hydroxyl groups excluding tert-OH is 1. The highest BCUT2D eigenvalue weighted by molar-refractivity contribution is 6.33. The summed E-state index contributed by atoms with van der Waals surface area (Å²) in [6, 6.07) is 4.36. The van der Waals surface area contributed by atoms with Crippen LogP contribution in [0.1, 0.15) is 23.5 Å². The van der Waals surface area contributed by atoms with Crippen molar-refractivity contribution < 1.29 is 32.9 Å². The number of aliphatic hydroxyl groups is 1. The molecule has 0 aliphatic carbocycles. The van der Waals surface area contributed by atoms with E-state index in [0.29, 0.717) is 13.0 Å². The Kier molecular flexibility index (Phi) is 5.60. The fraction of sp³-hybridized carbons (Fsp3) is 0.318. The maximum Gasteiger partial charge on any atom is 0.416 e. The number of alkyl halides is 3. The highest BCUT2D eigenvalue weighted by atomic mass is 35.5. The number of benzene rings is 2. The molecule has 2 aromatic carbocycles. The summed E-state index contributed by atoms with van der Waals surface area (Å²) in [5.74, 6) is -1.33. The second kappa shape index (κ2) is 7.99. The minimum atomic E-state index is -4.59. The van der Waals surface area contributed by atoms with Crippen molar-refractivity contribution in [2.45, 2.75) is 24.6 Å². The quantitative estimate of drug-likeness (QED) is 0.529. The number of hydrogen-bond acceptors (Lipinski definition) is 6. The molecule has 0 saturated carbocycles. The van der Waals surface area contributed by atoms with Gasteiger partial charge in [0, 0.05) is 35.2 Å². The highest BCUT2D eigenvalue weighted by Gasteiger charge is 2.37. The largest absolute Gasteiger partial charge is 0.507 e. The van der Waals surface area contributed by atoms with Crippen LogP contribution in [0.5, 0.6) is 11.5 Å². The summed E-state index contributed by atoms with van der Waals surface area (Å²) in [6.07, 6.45) is -4.05. The molecule has 32 heavy (non-hydrogen) atoms. The standard InChI is InChI=1S/C22H19ClF3NO5/c1-27-5-4-12(14(27)9-28)19-15(29)7-16(30)20-17(31)8-18(32-21(19)20)11-3-2-10(6-13(11)23)22(24,25)26/h2-3,6-8,12,14,28-30H,4-5,9H2,1H3/t12-,14?/m1/s1. The average molecular weight is 470 g/mol. The zero-order valence-electron chi connectivity index (χ0n) is 16.8. The number of hydrogen-bond donors (Lipinski definition) is 3. The van der Waals surface area contributed by atoms with Gasteiger partial charge in [0.05, 0.1) is 17.2 Å². The van der Waals surface area contributed by atoms with Crippen molar-refractivity contribution in [3.8, 4) is 22.8 Å². The van der Waals surface area contributed by atoms with Crippen LogP contribution in [-0.4, -0.2) is 46.5 Å². The van der Waals surface area contributed by atoms with E-state index >= 15 is 0 Å². The third-order valence-corrected chi connectivity index (χ3v) is 6.25. The molecular formula is C22H19ClF3NO5. The molecule has 4 rings (SSSR count). The summed E-state index contributed by atoms with van der Waals surface area (Å²) in [6.45, 7) is 0.407. The number of aromatic hydroxyl groups is 2. The molecule has 1 aliphatic rings. The fourth-order valence-corrected chi connectivity index (χ4v) is 4.59. The predicted octanol–water partition coefficient (Wildman–Crippen LogP) is 4.32. The fourth-order valence-electron chi connectivity index (χ4n) is 4.32. The van der Waals surface area contributed by atoms with Gasteiger partial charge in [0.25, 0.3) is 0 Å². The number of phenolic OH excluding ortho intramolecular Hbond substituents is 2. The topological polar surface area (TPSA) is 94.1 Å². The van der Waals surface area contributed by atoms with Gasteiger partial charge in [-0.2, -0.15) is 13.2 Å². The van der Waals surface area contributed by atoms with Gasteiger partial charge in [0.2, 0.25) is 0 Å². The molecule has 10 heteroatoms. The van der Waals surface area contributed by atoms with Crippen molar-refractivity contribution in [1.82, 2.24) is 4.90 Å². The van der Waals surface area contributed by atoms with Gasteiger partial charge in [-0.3, -0.25) is 4.79 Å². The van der Waals surface area contributed by atoms with E-state index in [-0.39, 0.29) is 51.3 Å². The molecular weight excluding hydrogens is 451 g/mol. The van der Waals surface area contributed by atoms with Crippen LogP contribution in [0.15, 0.2) is 39.5 Å². The lowest BCUT2D eigenvalue weighted by Gasteiger charge is -2.24. The molecule has 0 spiro atoms. The number of halogens is 4. The monoisotopic (exact) mass is 469 g/mol. The molecule has 2 atom stereocenters. The molecule has 1 aliphatic heterocycles. The summed E-state index contributed by atoms with van der Waals surface area (Å²) < 4.78 is 44.8. The van der Waals surface area contributed by atoms with Crippen LogP contribution in [0.2, 0.25) is 5.02 Å². The van der Waals surface area contributed by atoms with Gasteiger partial charge in [0.15, 0.2) is 5.43 Å². The molecule has 1 fully saturated rings. The molecule has 170 valence electrons. The Hall–Kier alpha value is -2.75. The van der Waals surface area contributed by atoms with Crippen LogP contribution in [0.25, 0.3) is 22.3 Å². The SMILES string of the molecule is CN1CC[C@@H](c2c(O)cc(O)c3c(=O)cc(-c4ccc(C(F)(F)F)cc4Cl)oc23)C1CO. The van der Waals surface area contributed by atoms with Crippen LogP contribution < -0.4 is 5.43 Å². The molecule has 0 radical (unpaired) electrons. The van der Waals surface area contributed by atoms with E-state index in [1.807, 2.05) is 11.9 Å². The summed E-state index contributed by atoms with van der Waals surface area (Å²) >= 11 is 6.07. The van der Waals surface area contributed by atoms with E-state index in [0.717, 1.165) is 30.3 Å². The zero-order valence-corrected chi connectivity index (χ0v) is 17.5. The van der Waals surface area contributed by atoms with Crippen molar-refractivity contribution in [1.29, 1.82) is 0 Å². The van der Waals surface area contributed by atoms with E-state index < -0.39 is 28.8 Å². The number of likely N-dealkylation sites (tertiary alicyclic amines) is 1. The van der Waals surface area contributed by atoms with Crippen molar-refractivity contribution in [3.05, 3.63) is 56.7 Å². The maximum absolute atomic E-state index is 13.0. The minimum absolute atomic E-state index is 0.0506. The average Bonchev–Trinajstić information content (AvgIpc) is 3.06. The van der Waals surface area contributed by atoms with Crippen molar-refractivity contribution >= 4 is 22.6 Å². The van der Waals surface area contributed by atoms with E-state index in [4.69, 9.17) is 16.0 Å². The Labute approximate surface area is 185 Å². The van der Waals surface area contributed by atoms with Crippen molar-refractivity contribution in [2.75, 3.05) is 20.2 Å². The first-order valence-corrected chi connectivity index (χ1v) is 10.1. The molecule has 2 heterocycles. The third kappa shape index (κ3) is 3.70. The number of nitrogens with zero attached hydrogens (tertiary/aromatic N) is 1. The second-order valence-electron chi connectivity index (χ2n) is 7.83. The molecule has 0 bridgehead atoms. The second-order valence-corrected chi connectivity index (χ2v) is 8.23. The molecule has 1 aromatic heterocycles. The summed E-state index contributed by atoms with van der Waals surface area (Å²) in [5, 5.41) is 30.3. The summed E-state index contributed by atoms with van der Waals surface area (Å²) in [5.41, 5.74) is -1.41. The van der Waals surface area contributed by atoms with Gasteiger partial charge in [-0.25, -0.2) is 0 Å². The Bertz CT molecular complexity index is 1260. The Balaban J connectivity index is 1.96. The first-order chi connectivity index (χ1) is 15.0. The van der Waals surface area contributed by atoms with Gasteiger partial charge in [-0.1, -0.05) is 11.6 Å². The van der Waals surface area contributed by atoms with Crippen LogP contribution in [0.4, 0.5) is 13.2 Å². The molecule has 3 N–H and O–H groups in total. The van der Waals surface area contributed by atoms with Gasteiger partial charge in [-0.05, 0) is 38.2 Å². The zero-order chi connectivity index (χ0) is 23.4. The Morgan fingerprint density at radius 1 is 1.19 bits per heavy atom.